The van der Waals surface area contributed by atoms with Crippen LogP contribution < -0.4 is 11.1 Å². The largest absolute Gasteiger partial charge is 0.397 e. The second-order valence-corrected chi connectivity index (χ2v) is 4.13. The fourth-order valence-electron chi connectivity index (χ4n) is 1.94. The maximum absolute atomic E-state index is 5.92. The van der Waals surface area contributed by atoms with Gasteiger partial charge in [0.25, 0.3) is 0 Å². The van der Waals surface area contributed by atoms with Crippen molar-refractivity contribution in [2.75, 3.05) is 11.1 Å². The van der Waals surface area contributed by atoms with Gasteiger partial charge in [0.05, 0.1) is 23.1 Å². The molecule has 0 saturated carbocycles. The first-order valence-electron chi connectivity index (χ1n) is 5.63. The monoisotopic (exact) mass is 239 g/mol. The second kappa shape index (κ2) is 4.03. The van der Waals surface area contributed by atoms with E-state index in [1.165, 1.54) is 0 Å². The van der Waals surface area contributed by atoms with Crippen LogP contribution in [0.1, 0.15) is 0 Å². The number of rotatable bonds is 2. The summed E-state index contributed by atoms with van der Waals surface area (Å²) in [5.41, 5.74) is 9.32. The SMILES string of the molecule is Cn1cc(Nc2ccc(N)c3ncccc23)cn1. The summed E-state index contributed by atoms with van der Waals surface area (Å²) < 4.78 is 1.75. The molecule has 90 valence electrons. The molecule has 5 nitrogen and oxygen atoms in total. The van der Waals surface area contributed by atoms with Gasteiger partial charge in [0.1, 0.15) is 0 Å². The Kier molecular flexibility index (Phi) is 2.37. The van der Waals surface area contributed by atoms with Crippen molar-refractivity contribution >= 4 is 28.0 Å². The lowest BCUT2D eigenvalue weighted by Crippen LogP contribution is -1.94. The highest BCUT2D eigenvalue weighted by Crippen LogP contribution is 2.28. The third-order valence-electron chi connectivity index (χ3n) is 2.78. The third kappa shape index (κ3) is 1.75. The van der Waals surface area contributed by atoms with Crippen LogP contribution in [0.15, 0.2) is 42.9 Å². The van der Waals surface area contributed by atoms with Crippen LogP contribution in [0.5, 0.6) is 0 Å². The van der Waals surface area contributed by atoms with Gasteiger partial charge in [0.2, 0.25) is 0 Å². The van der Waals surface area contributed by atoms with E-state index < -0.39 is 0 Å². The zero-order chi connectivity index (χ0) is 12.5. The van der Waals surface area contributed by atoms with E-state index in [9.17, 15) is 0 Å². The van der Waals surface area contributed by atoms with E-state index in [-0.39, 0.29) is 0 Å². The van der Waals surface area contributed by atoms with E-state index in [0.717, 1.165) is 22.3 Å². The van der Waals surface area contributed by atoms with Crippen molar-refractivity contribution in [3.63, 3.8) is 0 Å². The predicted molar refractivity (Wildman–Crippen MR) is 72.6 cm³/mol. The van der Waals surface area contributed by atoms with Crippen molar-refractivity contribution in [1.29, 1.82) is 0 Å². The summed E-state index contributed by atoms with van der Waals surface area (Å²) in [5.74, 6) is 0. The summed E-state index contributed by atoms with van der Waals surface area (Å²) in [6.45, 7) is 0. The van der Waals surface area contributed by atoms with E-state index in [4.69, 9.17) is 5.73 Å². The minimum Gasteiger partial charge on any atom is -0.397 e. The lowest BCUT2D eigenvalue weighted by atomic mass is 10.1. The highest BCUT2D eigenvalue weighted by molar-refractivity contribution is 5.99. The van der Waals surface area contributed by atoms with Crippen LogP contribution in [0.2, 0.25) is 0 Å². The molecule has 0 unspecified atom stereocenters. The van der Waals surface area contributed by atoms with Crippen LogP contribution in [0.25, 0.3) is 10.9 Å². The van der Waals surface area contributed by atoms with Crippen LogP contribution in [0.4, 0.5) is 17.1 Å². The fraction of sp³-hybridized carbons (Fsp3) is 0.0769. The normalized spacial score (nSPS) is 10.7. The Morgan fingerprint density at radius 3 is 2.94 bits per heavy atom. The highest BCUT2D eigenvalue weighted by atomic mass is 15.3. The zero-order valence-corrected chi connectivity index (χ0v) is 9.96. The molecule has 0 aliphatic rings. The number of aromatic nitrogens is 3. The molecule has 0 radical (unpaired) electrons. The predicted octanol–water partition coefficient (Wildman–Crippen LogP) is 2.29. The van der Waals surface area contributed by atoms with E-state index >= 15 is 0 Å². The van der Waals surface area contributed by atoms with E-state index in [2.05, 4.69) is 15.4 Å². The Labute approximate surface area is 104 Å². The summed E-state index contributed by atoms with van der Waals surface area (Å²) in [7, 11) is 1.88. The number of nitrogens with two attached hydrogens (primary N) is 1. The number of fused-ring (bicyclic) bond motifs is 1. The maximum Gasteiger partial charge on any atom is 0.0951 e. The van der Waals surface area contributed by atoms with E-state index in [0.29, 0.717) is 5.69 Å². The van der Waals surface area contributed by atoms with Gasteiger partial charge in [-0.05, 0) is 24.3 Å². The Hall–Kier alpha value is -2.56. The Balaban J connectivity index is 2.09. The lowest BCUT2D eigenvalue weighted by Gasteiger charge is -2.08. The van der Waals surface area contributed by atoms with Gasteiger partial charge in [-0.2, -0.15) is 5.10 Å². The summed E-state index contributed by atoms with van der Waals surface area (Å²) >= 11 is 0. The topological polar surface area (TPSA) is 68.8 Å². The molecule has 0 bridgehead atoms. The first-order chi connectivity index (χ1) is 8.74. The molecule has 1 aromatic carbocycles. The van der Waals surface area contributed by atoms with Crippen LogP contribution in [0, 0.1) is 0 Å². The number of benzene rings is 1. The van der Waals surface area contributed by atoms with Crippen molar-refractivity contribution in [1.82, 2.24) is 14.8 Å². The van der Waals surface area contributed by atoms with Crippen molar-refractivity contribution in [2.24, 2.45) is 7.05 Å². The Bertz CT molecular complexity index is 701. The number of hydrogen-bond donors (Lipinski definition) is 2. The molecule has 0 aliphatic heterocycles. The van der Waals surface area contributed by atoms with Crippen molar-refractivity contribution in [2.45, 2.75) is 0 Å². The molecule has 0 fully saturated rings. The quantitative estimate of drug-likeness (QED) is 0.673. The smallest absolute Gasteiger partial charge is 0.0951 e. The molecule has 0 aliphatic carbocycles. The molecule has 3 rings (SSSR count). The third-order valence-corrected chi connectivity index (χ3v) is 2.78. The van der Waals surface area contributed by atoms with Gasteiger partial charge in [-0.25, -0.2) is 0 Å². The van der Waals surface area contributed by atoms with Gasteiger partial charge in [0, 0.05) is 30.5 Å². The number of nitrogens with one attached hydrogen (secondary N) is 1. The number of pyridine rings is 1. The minimum absolute atomic E-state index is 0.683. The van der Waals surface area contributed by atoms with Gasteiger partial charge in [-0.3, -0.25) is 9.67 Å². The molecule has 3 N–H and O–H groups in total. The molecule has 18 heavy (non-hydrogen) atoms. The van der Waals surface area contributed by atoms with Crippen molar-refractivity contribution < 1.29 is 0 Å². The average Bonchev–Trinajstić information content (AvgIpc) is 2.79. The Morgan fingerprint density at radius 2 is 2.17 bits per heavy atom. The van der Waals surface area contributed by atoms with Crippen LogP contribution in [0.3, 0.4) is 0 Å². The van der Waals surface area contributed by atoms with Gasteiger partial charge in [-0.15, -0.1) is 0 Å². The van der Waals surface area contributed by atoms with Crippen molar-refractivity contribution in [3.8, 4) is 0 Å². The average molecular weight is 239 g/mol. The van der Waals surface area contributed by atoms with Gasteiger partial charge in [0.15, 0.2) is 0 Å². The van der Waals surface area contributed by atoms with Crippen LogP contribution in [-0.2, 0) is 7.05 Å². The molecule has 0 amide bonds. The molecular weight excluding hydrogens is 226 g/mol. The highest BCUT2D eigenvalue weighted by Gasteiger charge is 2.05. The van der Waals surface area contributed by atoms with E-state index in [1.807, 2.05) is 37.5 Å². The standard InChI is InChI=1S/C13H13N5/c1-18-8-9(7-16-18)17-12-5-4-11(14)13-10(12)3-2-6-15-13/h2-8,17H,14H2,1H3. The molecule has 0 spiro atoms. The molecule has 3 aromatic rings. The summed E-state index contributed by atoms with van der Waals surface area (Å²) in [5, 5.41) is 8.44. The summed E-state index contributed by atoms with van der Waals surface area (Å²) in [6.07, 6.45) is 5.43. The molecular formula is C13H13N5. The lowest BCUT2D eigenvalue weighted by molar-refractivity contribution is 0.768. The molecule has 5 heteroatoms. The van der Waals surface area contributed by atoms with Crippen molar-refractivity contribution in [3.05, 3.63) is 42.9 Å². The zero-order valence-electron chi connectivity index (χ0n) is 9.96. The van der Waals surface area contributed by atoms with Crippen LogP contribution in [-0.4, -0.2) is 14.8 Å². The molecule has 0 atom stereocenters. The number of nitrogen functional groups attached to an aromatic ring is 1. The van der Waals surface area contributed by atoms with Gasteiger partial charge < -0.3 is 11.1 Å². The first-order valence-corrected chi connectivity index (χ1v) is 5.63. The number of nitrogens with zero attached hydrogens (tertiary/aromatic N) is 3. The maximum atomic E-state index is 5.92. The number of hydrogen-bond acceptors (Lipinski definition) is 4. The van der Waals surface area contributed by atoms with Gasteiger partial charge >= 0.3 is 0 Å². The molecule has 2 aromatic heterocycles. The molecule has 0 saturated heterocycles. The summed E-state index contributed by atoms with van der Waals surface area (Å²) in [6, 6.07) is 7.70. The summed E-state index contributed by atoms with van der Waals surface area (Å²) in [4.78, 5) is 4.30. The fourth-order valence-corrected chi connectivity index (χ4v) is 1.94. The Morgan fingerprint density at radius 1 is 1.28 bits per heavy atom. The van der Waals surface area contributed by atoms with Crippen LogP contribution >= 0.6 is 0 Å². The minimum atomic E-state index is 0.683. The number of anilines is 3. The molecule has 2 heterocycles. The van der Waals surface area contributed by atoms with Gasteiger partial charge in [-0.1, -0.05) is 0 Å². The van der Waals surface area contributed by atoms with E-state index in [1.54, 1.807) is 17.1 Å². The number of aryl methyl sites for hydroxylation is 1. The first kappa shape index (κ1) is 10.6. The second-order valence-electron chi connectivity index (χ2n) is 4.13.